The lowest BCUT2D eigenvalue weighted by Crippen LogP contribution is -2.40. The second-order valence-corrected chi connectivity index (χ2v) is 9.14. The first-order valence-electron chi connectivity index (χ1n) is 7.17. The molecular formula is C14H15BrN2O5S2. The zero-order valence-electron chi connectivity index (χ0n) is 12.5. The summed E-state index contributed by atoms with van der Waals surface area (Å²) in [5.41, 5.74) is 0. The number of halogens is 1. The number of sulfonamides is 1. The molecule has 10 heteroatoms. The molecule has 3 heterocycles. The second-order valence-electron chi connectivity index (χ2n) is 5.02. The van der Waals surface area contributed by atoms with Crippen LogP contribution in [0.1, 0.15) is 15.4 Å². The van der Waals surface area contributed by atoms with Gasteiger partial charge in [0.05, 0.1) is 19.8 Å². The lowest BCUT2D eigenvalue weighted by atomic mass is 10.4. The van der Waals surface area contributed by atoms with E-state index in [0.717, 1.165) is 16.2 Å². The van der Waals surface area contributed by atoms with E-state index in [1.54, 1.807) is 24.3 Å². The molecule has 0 atom stereocenters. The molecule has 1 aliphatic rings. The predicted octanol–water partition coefficient (Wildman–Crippen LogP) is 2.05. The van der Waals surface area contributed by atoms with Crippen LogP contribution in [0.3, 0.4) is 0 Å². The number of hydrogen-bond donors (Lipinski definition) is 1. The lowest BCUT2D eigenvalue weighted by Gasteiger charge is -2.25. The maximum Gasteiger partial charge on any atom is 0.287 e. The highest BCUT2D eigenvalue weighted by Crippen LogP contribution is 2.25. The number of rotatable bonds is 5. The van der Waals surface area contributed by atoms with Gasteiger partial charge < -0.3 is 14.5 Å². The van der Waals surface area contributed by atoms with Crippen molar-refractivity contribution in [2.24, 2.45) is 0 Å². The summed E-state index contributed by atoms with van der Waals surface area (Å²) >= 11 is 4.29. The van der Waals surface area contributed by atoms with Crippen molar-refractivity contribution in [3.8, 4) is 0 Å². The van der Waals surface area contributed by atoms with E-state index in [2.05, 4.69) is 21.2 Å². The fourth-order valence-electron chi connectivity index (χ4n) is 2.20. The van der Waals surface area contributed by atoms with Gasteiger partial charge in [-0.3, -0.25) is 4.79 Å². The number of carbonyl (C=O) groups is 1. The number of hydrogen-bond acceptors (Lipinski definition) is 6. The van der Waals surface area contributed by atoms with E-state index in [4.69, 9.17) is 9.15 Å². The van der Waals surface area contributed by atoms with Crippen molar-refractivity contribution in [1.29, 1.82) is 0 Å². The van der Waals surface area contributed by atoms with Crippen LogP contribution in [0.5, 0.6) is 0 Å². The highest BCUT2D eigenvalue weighted by atomic mass is 79.9. The Morgan fingerprint density at radius 1 is 1.25 bits per heavy atom. The van der Waals surface area contributed by atoms with Gasteiger partial charge in [0.1, 0.15) is 4.21 Å². The average Bonchev–Trinajstić information content (AvgIpc) is 3.23. The van der Waals surface area contributed by atoms with Gasteiger partial charge in [-0.05, 0) is 40.2 Å². The molecule has 0 bridgehead atoms. The zero-order chi connectivity index (χ0) is 17.2. The SMILES string of the molecule is O=C(NCc1ccc(S(=O)(=O)N2CCOCC2)s1)c1ccc(Br)o1. The average molecular weight is 435 g/mol. The first kappa shape index (κ1) is 17.6. The number of amides is 1. The van der Waals surface area contributed by atoms with Crippen LogP contribution in [0.2, 0.25) is 0 Å². The van der Waals surface area contributed by atoms with Crippen LogP contribution in [-0.2, 0) is 21.3 Å². The Morgan fingerprint density at radius 2 is 2.00 bits per heavy atom. The Hall–Kier alpha value is -1.20. The van der Waals surface area contributed by atoms with Gasteiger partial charge in [0.15, 0.2) is 10.4 Å². The lowest BCUT2D eigenvalue weighted by molar-refractivity contribution is 0.0731. The molecule has 7 nitrogen and oxygen atoms in total. The molecule has 3 rings (SSSR count). The molecule has 2 aromatic heterocycles. The highest BCUT2D eigenvalue weighted by molar-refractivity contribution is 9.10. The van der Waals surface area contributed by atoms with E-state index in [1.165, 1.54) is 4.31 Å². The normalized spacial score (nSPS) is 16.2. The maximum absolute atomic E-state index is 12.5. The van der Waals surface area contributed by atoms with Gasteiger partial charge in [-0.1, -0.05) is 0 Å². The minimum Gasteiger partial charge on any atom is -0.444 e. The van der Waals surface area contributed by atoms with E-state index >= 15 is 0 Å². The van der Waals surface area contributed by atoms with Crippen LogP contribution >= 0.6 is 27.3 Å². The van der Waals surface area contributed by atoms with E-state index in [0.29, 0.717) is 31.0 Å². The molecule has 0 unspecified atom stereocenters. The van der Waals surface area contributed by atoms with Gasteiger partial charge in [-0.2, -0.15) is 4.31 Å². The fourth-order valence-corrected chi connectivity index (χ4v) is 5.36. The highest BCUT2D eigenvalue weighted by Gasteiger charge is 2.27. The Kier molecular flexibility index (Phi) is 5.40. The molecule has 0 aromatic carbocycles. The monoisotopic (exact) mass is 434 g/mol. The van der Waals surface area contributed by atoms with Crippen molar-refractivity contribution in [2.75, 3.05) is 26.3 Å². The Morgan fingerprint density at radius 3 is 2.67 bits per heavy atom. The molecule has 0 radical (unpaired) electrons. The second kappa shape index (κ2) is 7.36. The molecule has 1 saturated heterocycles. The van der Waals surface area contributed by atoms with E-state index < -0.39 is 10.0 Å². The van der Waals surface area contributed by atoms with Crippen LogP contribution in [0, 0.1) is 0 Å². The minimum absolute atomic E-state index is 0.194. The molecule has 0 spiro atoms. The summed E-state index contributed by atoms with van der Waals surface area (Å²) in [4.78, 5) is 12.7. The fraction of sp³-hybridized carbons (Fsp3) is 0.357. The molecule has 1 fully saturated rings. The van der Waals surface area contributed by atoms with E-state index in [9.17, 15) is 13.2 Å². The smallest absolute Gasteiger partial charge is 0.287 e. The molecule has 130 valence electrons. The van der Waals surface area contributed by atoms with Gasteiger partial charge in [0.2, 0.25) is 0 Å². The number of nitrogens with zero attached hydrogens (tertiary/aromatic N) is 1. The molecule has 1 N–H and O–H groups in total. The quantitative estimate of drug-likeness (QED) is 0.777. The van der Waals surface area contributed by atoms with Crippen LogP contribution in [-0.4, -0.2) is 44.9 Å². The first-order chi connectivity index (χ1) is 11.5. The van der Waals surface area contributed by atoms with Gasteiger partial charge in [-0.25, -0.2) is 8.42 Å². The van der Waals surface area contributed by atoms with Crippen molar-refractivity contribution in [3.63, 3.8) is 0 Å². The summed E-state index contributed by atoms with van der Waals surface area (Å²) in [6.45, 7) is 1.78. The summed E-state index contributed by atoms with van der Waals surface area (Å²) in [5.74, 6) is -0.161. The van der Waals surface area contributed by atoms with Crippen molar-refractivity contribution in [1.82, 2.24) is 9.62 Å². The standard InChI is InChI=1S/C14H15BrN2O5S2/c15-12-3-2-11(22-12)14(18)16-9-10-1-4-13(23-10)24(19,20)17-5-7-21-8-6-17/h1-4H,5-9H2,(H,16,18). The number of carbonyl (C=O) groups excluding carboxylic acids is 1. The summed E-state index contributed by atoms with van der Waals surface area (Å²) in [6, 6.07) is 6.46. The van der Waals surface area contributed by atoms with Crippen LogP contribution in [0.15, 0.2) is 37.6 Å². The summed E-state index contributed by atoms with van der Waals surface area (Å²) in [7, 11) is -3.49. The molecule has 24 heavy (non-hydrogen) atoms. The molecule has 0 aliphatic carbocycles. The predicted molar refractivity (Wildman–Crippen MR) is 91.5 cm³/mol. The number of ether oxygens (including phenoxy) is 1. The third kappa shape index (κ3) is 3.89. The molecule has 1 aliphatic heterocycles. The Balaban J connectivity index is 1.64. The topological polar surface area (TPSA) is 88.9 Å². The first-order valence-corrected chi connectivity index (χ1v) is 10.2. The number of nitrogens with one attached hydrogen (secondary N) is 1. The van der Waals surface area contributed by atoms with Crippen LogP contribution < -0.4 is 5.32 Å². The van der Waals surface area contributed by atoms with Gasteiger partial charge >= 0.3 is 0 Å². The molecule has 2 aromatic rings. The third-order valence-electron chi connectivity index (χ3n) is 3.42. The number of morpholine rings is 1. The minimum atomic E-state index is -3.49. The van der Waals surface area contributed by atoms with Gasteiger partial charge in [-0.15, -0.1) is 11.3 Å². The van der Waals surface area contributed by atoms with Crippen molar-refractivity contribution >= 4 is 43.2 Å². The van der Waals surface area contributed by atoms with Crippen molar-refractivity contribution in [2.45, 2.75) is 10.8 Å². The Bertz CT molecular complexity index is 824. The van der Waals surface area contributed by atoms with Gasteiger partial charge in [0.25, 0.3) is 15.9 Å². The molecular weight excluding hydrogens is 420 g/mol. The van der Waals surface area contributed by atoms with Gasteiger partial charge in [0, 0.05) is 18.0 Å². The van der Waals surface area contributed by atoms with Crippen molar-refractivity contribution < 1.29 is 22.4 Å². The summed E-state index contributed by atoms with van der Waals surface area (Å²) in [6.07, 6.45) is 0. The van der Waals surface area contributed by atoms with Crippen molar-refractivity contribution in [3.05, 3.63) is 39.6 Å². The molecule has 0 saturated carbocycles. The molecule has 1 amide bonds. The Labute approximate surface area is 151 Å². The van der Waals surface area contributed by atoms with Crippen LogP contribution in [0.25, 0.3) is 0 Å². The summed E-state index contributed by atoms with van der Waals surface area (Å²) < 4.78 is 37.6. The van der Waals surface area contributed by atoms with Crippen LogP contribution in [0.4, 0.5) is 0 Å². The zero-order valence-corrected chi connectivity index (χ0v) is 15.7. The third-order valence-corrected chi connectivity index (χ3v) is 7.30. The number of furan rings is 1. The summed E-state index contributed by atoms with van der Waals surface area (Å²) in [5, 5.41) is 2.70. The maximum atomic E-state index is 12.5. The van der Waals surface area contributed by atoms with E-state index in [1.807, 2.05) is 0 Å². The number of thiophene rings is 1. The van der Waals surface area contributed by atoms with E-state index in [-0.39, 0.29) is 22.4 Å². The largest absolute Gasteiger partial charge is 0.444 e.